The lowest BCUT2D eigenvalue weighted by molar-refractivity contribution is -0.182. The standard InChI is InChI=1S/C16H24ClFN2O3S/c1-16(2,3)24(21)20-13(5-6-14-22-7-4-8-23-14)12-9-11(18)10-19-15(12)17/h9-10,13-14,20H,4-8H2,1-3H3/t13-,24?/m1/s1. The molecule has 1 unspecified atom stereocenters. The van der Waals surface area contributed by atoms with Crippen molar-refractivity contribution in [3.63, 3.8) is 0 Å². The molecule has 0 amide bonds. The zero-order valence-electron chi connectivity index (χ0n) is 14.2. The fraction of sp³-hybridized carbons (Fsp3) is 0.688. The zero-order valence-corrected chi connectivity index (χ0v) is 15.8. The summed E-state index contributed by atoms with van der Waals surface area (Å²) in [6, 6.07) is 0.921. The van der Waals surface area contributed by atoms with Crippen LogP contribution in [0.5, 0.6) is 0 Å². The average molecular weight is 379 g/mol. The molecule has 8 heteroatoms. The lowest BCUT2D eigenvalue weighted by atomic mass is 10.0. The summed E-state index contributed by atoms with van der Waals surface area (Å²) in [4.78, 5) is 3.85. The molecule has 1 aromatic rings. The number of ether oxygens (including phenoxy) is 2. The van der Waals surface area contributed by atoms with Gasteiger partial charge in [0.1, 0.15) is 11.0 Å². The molecule has 0 radical (unpaired) electrons. The summed E-state index contributed by atoms with van der Waals surface area (Å²) < 4.78 is 39.8. The maximum atomic E-state index is 13.6. The topological polar surface area (TPSA) is 60.5 Å². The summed E-state index contributed by atoms with van der Waals surface area (Å²) in [5.74, 6) is -0.479. The first kappa shape index (κ1) is 19.7. The van der Waals surface area contributed by atoms with Crippen molar-refractivity contribution in [1.29, 1.82) is 0 Å². The molecule has 0 aliphatic carbocycles. The van der Waals surface area contributed by atoms with E-state index in [1.807, 2.05) is 20.8 Å². The summed E-state index contributed by atoms with van der Waals surface area (Å²) in [6.45, 7) is 6.93. The maximum absolute atomic E-state index is 13.6. The predicted octanol–water partition coefficient (Wildman–Crippen LogP) is 3.51. The second-order valence-electron chi connectivity index (χ2n) is 6.69. The lowest BCUT2D eigenvalue weighted by Crippen LogP contribution is -2.36. The van der Waals surface area contributed by atoms with E-state index in [0.29, 0.717) is 31.6 Å². The van der Waals surface area contributed by atoms with Crippen LogP contribution in [0.2, 0.25) is 5.15 Å². The average Bonchev–Trinajstić information content (AvgIpc) is 2.53. The van der Waals surface area contributed by atoms with Crippen molar-refractivity contribution in [2.75, 3.05) is 13.2 Å². The summed E-state index contributed by atoms with van der Waals surface area (Å²) in [5.41, 5.74) is 0.491. The van der Waals surface area contributed by atoms with Gasteiger partial charge in [0.05, 0.1) is 35.1 Å². The third-order valence-electron chi connectivity index (χ3n) is 3.60. The van der Waals surface area contributed by atoms with E-state index >= 15 is 0 Å². The lowest BCUT2D eigenvalue weighted by Gasteiger charge is -2.28. The van der Waals surface area contributed by atoms with Gasteiger partial charge >= 0.3 is 0 Å². The molecule has 1 aromatic heterocycles. The van der Waals surface area contributed by atoms with Gasteiger partial charge in [0.2, 0.25) is 0 Å². The number of pyridine rings is 1. The summed E-state index contributed by atoms with van der Waals surface area (Å²) >= 11 is 6.13. The van der Waals surface area contributed by atoms with Crippen LogP contribution >= 0.6 is 11.6 Å². The summed E-state index contributed by atoms with van der Waals surface area (Å²) in [7, 11) is -1.33. The number of hydrogen-bond acceptors (Lipinski definition) is 4. The quantitative estimate of drug-likeness (QED) is 0.769. The van der Waals surface area contributed by atoms with E-state index in [1.165, 1.54) is 6.07 Å². The van der Waals surface area contributed by atoms with Gasteiger partial charge in [-0.25, -0.2) is 18.3 Å². The van der Waals surface area contributed by atoms with Crippen LogP contribution in [0.3, 0.4) is 0 Å². The van der Waals surface area contributed by atoms with Gasteiger partial charge in [-0.3, -0.25) is 0 Å². The van der Waals surface area contributed by atoms with Crippen molar-refractivity contribution >= 4 is 22.6 Å². The highest BCUT2D eigenvalue weighted by Gasteiger charge is 2.27. The Morgan fingerprint density at radius 3 is 2.75 bits per heavy atom. The minimum absolute atomic E-state index is 0.199. The fourth-order valence-electron chi connectivity index (χ4n) is 2.27. The van der Waals surface area contributed by atoms with Crippen LogP contribution in [0, 0.1) is 5.82 Å². The van der Waals surface area contributed by atoms with Gasteiger partial charge < -0.3 is 9.47 Å². The van der Waals surface area contributed by atoms with Crippen molar-refractivity contribution in [3.8, 4) is 0 Å². The molecule has 2 atom stereocenters. The van der Waals surface area contributed by atoms with Gasteiger partial charge in [-0.15, -0.1) is 0 Å². The fourth-order valence-corrected chi connectivity index (χ4v) is 3.36. The van der Waals surface area contributed by atoms with Gasteiger partial charge in [-0.2, -0.15) is 0 Å². The van der Waals surface area contributed by atoms with Crippen LogP contribution in [0.4, 0.5) is 4.39 Å². The van der Waals surface area contributed by atoms with Crippen LogP contribution in [0.25, 0.3) is 0 Å². The molecule has 0 bridgehead atoms. The van der Waals surface area contributed by atoms with Crippen LogP contribution in [0.1, 0.15) is 51.6 Å². The molecule has 0 saturated carbocycles. The monoisotopic (exact) mass is 378 g/mol. The number of nitrogens with one attached hydrogen (secondary N) is 1. The molecule has 1 fully saturated rings. The van der Waals surface area contributed by atoms with Gasteiger partial charge in [0.25, 0.3) is 0 Å². The molecule has 1 aliphatic rings. The molecule has 0 aromatic carbocycles. The van der Waals surface area contributed by atoms with Gasteiger partial charge in [-0.05, 0) is 39.7 Å². The van der Waals surface area contributed by atoms with Crippen LogP contribution in [0.15, 0.2) is 12.3 Å². The molecular formula is C16H24ClFN2O3S. The minimum Gasteiger partial charge on any atom is -0.353 e. The molecule has 5 nitrogen and oxygen atoms in total. The van der Waals surface area contributed by atoms with Crippen molar-refractivity contribution < 1.29 is 18.1 Å². The van der Waals surface area contributed by atoms with Crippen molar-refractivity contribution in [2.24, 2.45) is 0 Å². The largest absolute Gasteiger partial charge is 0.353 e. The van der Waals surface area contributed by atoms with Crippen LogP contribution < -0.4 is 4.72 Å². The minimum atomic E-state index is -1.33. The van der Waals surface area contributed by atoms with Gasteiger partial charge in [0, 0.05) is 18.0 Å². The maximum Gasteiger partial charge on any atom is 0.157 e. The second kappa shape index (κ2) is 8.67. The third kappa shape index (κ3) is 5.74. The molecule has 136 valence electrons. The van der Waals surface area contributed by atoms with E-state index in [0.717, 1.165) is 12.6 Å². The van der Waals surface area contributed by atoms with Crippen molar-refractivity contribution in [1.82, 2.24) is 9.71 Å². The Morgan fingerprint density at radius 1 is 1.46 bits per heavy atom. The molecule has 2 rings (SSSR count). The number of nitrogens with zero attached hydrogens (tertiary/aromatic N) is 1. The smallest absolute Gasteiger partial charge is 0.157 e. The summed E-state index contributed by atoms with van der Waals surface area (Å²) in [5, 5.41) is 0.199. The van der Waals surface area contributed by atoms with Crippen LogP contribution in [-0.4, -0.2) is 33.4 Å². The molecule has 2 heterocycles. The highest BCUT2D eigenvalue weighted by molar-refractivity contribution is 7.84. The van der Waals surface area contributed by atoms with E-state index in [1.54, 1.807) is 0 Å². The Bertz CT molecular complexity index is 577. The Balaban J connectivity index is 2.13. The van der Waals surface area contributed by atoms with E-state index in [9.17, 15) is 8.60 Å². The number of halogens is 2. The molecular weight excluding hydrogens is 355 g/mol. The molecule has 1 aliphatic heterocycles. The highest BCUT2D eigenvalue weighted by atomic mass is 35.5. The summed E-state index contributed by atoms with van der Waals surface area (Å²) in [6.07, 6.45) is 2.78. The number of rotatable bonds is 6. The van der Waals surface area contributed by atoms with Gasteiger partial charge in [0.15, 0.2) is 6.29 Å². The zero-order chi connectivity index (χ0) is 17.7. The van der Waals surface area contributed by atoms with Crippen LogP contribution in [-0.2, 0) is 20.5 Å². The highest BCUT2D eigenvalue weighted by Crippen LogP contribution is 2.28. The third-order valence-corrected chi connectivity index (χ3v) is 5.53. The first-order valence-corrected chi connectivity index (χ1v) is 9.52. The Hall–Kier alpha value is -0.600. The number of aromatic nitrogens is 1. The molecule has 0 spiro atoms. The first-order chi connectivity index (χ1) is 11.3. The Labute approximate surface area is 149 Å². The predicted molar refractivity (Wildman–Crippen MR) is 92.5 cm³/mol. The van der Waals surface area contributed by atoms with Crippen molar-refractivity contribution in [3.05, 3.63) is 28.8 Å². The molecule has 1 saturated heterocycles. The SMILES string of the molecule is CC(C)(C)S(=O)N[C@H](CCC1OCCCO1)c1cc(F)cnc1Cl. The van der Waals surface area contributed by atoms with E-state index in [4.69, 9.17) is 21.1 Å². The Kier molecular flexibility index (Phi) is 7.12. The van der Waals surface area contributed by atoms with Gasteiger partial charge in [-0.1, -0.05) is 11.6 Å². The normalized spacial score (nSPS) is 19.2. The van der Waals surface area contributed by atoms with E-state index in [-0.39, 0.29) is 11.4 Å². The second-order valence-corrected chi connectivity index (χ2v) is 9.04. The molecule has 24 heavy (non-hydrogen) atoms. The Morgan fingerprint density at radius 2 is 2.12 bits per heavy atom. The van der Waals surface area contributed by atoms with E-state index in [2.05, 4.69) is 9.71 Å². The first-order valence-electron chi connectivity index (χ1n) is 7.99. The van der Waals surface area contributed by atoms with Crippen molar-refractivity contribution in [2.45, 2.75) is 57.1 Å². The molecule has 1 N–H and O–H groups in total. The number of hydrogen-bond donors (Lipinski definition) is 1. The van der Waals surface area contributed by atoms with E-state index < -0.39 is 27.6 Å².